The van der Waals surface area contributed by atoms with Crippen LogP contribution in [0, 0.1) is 0 Å². The third-order valence-corrected chi connectivity index (χ3v) is 4.78. The molecule has 0 aliphatic rings. The second-order valence-electron chi connectivity index (χ2n) is 7.20. The molecule has 5 heteroatoms. The van der Waals surface area contributed by atoms with Crippen LogP contribution in [0.2, 0.25) is 0 Å². The van der Waals surface area contributed by atoms with Crippen LogP contribution in [-0.2, 0) is 22.6 Å². The summed E-state index contributed by atoms with van der Waals surface area (Å²) in [7, 11) is 1.80. The zero-order chi connectivity index (χ0) is 21.2. The summed E-state index contributed by atoms with van der Waals surface area (Å²) in [6.07, 6.45) is 1.15. The van der Waals surface area contributed by atoms with Gasteiger partial charge in [0, 0.05) is 31.4 Å². The summed E-state index contributed by atoms with van der Waals surface area (Å²) in [4.78, 5) is 26.2. The van der Waals surface area contributed by atoms with Crippen LogP contribution in [0.1, 0.15) is 17.5 Å². The predicted octanol–water partition coefficient (Wildman–Crippen LogP) is 4.33. The van der Waals surface area contributed by atoms with E-state index in [-0.39, 0.29) is 18.4 Å². The third kappa shape index (κ3) is 6.78. The van der Waals surface area contributed by atoms with E-state index in [9.17, 15) is 9.59 Å². The quantitative estimate of drug-likeness (QED) is 0.561. The smallest absolute Gasteiger partial charge is 0.241 e. The number of rotatable bonds is 9. The zero-order valence-electron chi connectivity index (χ0n) is 17.2. The first kappa shape index (κ1) is 21.1. The molecule has 0 saturated heterocycles. The number of nitrogens with zero attached hydrogens (tertiary/aromatic N) is 1. The number of carbonyl (C=O) groups is 2. The van der Waals surface area contributed by atoms with Crippen LogP contribution >= 0.6 is 0 Å². The fraction of sp³-hybridized carbons (Fsp3) is 0.200. The fourth-order valence-corrected chi connectivity index (χ4v) is 3.06. The number of hydrogen-bond donors (Lipinski definition) is 2. The van der Waals surface area contributed by atoms with E-state index >= 15 is 0 Å². The number of amides is 2. The first-order valence-electron chi connectivity index (χ1n) is 10.1. The Labute approximate surface area is 177 Å². The Morgan fingerprint density at radius 1 is 0.767 bits per heavy atom. The third-order valence-electron chi connectivity index (χ3n) is 4.78. The molecular formula is C25H27N3O2. The Kier molecular flexibility index (Phi) is 7.61. The van der Waals surface area contributed by atoms with Crippen molar-refractivity contribution in [1.29, 1.82) is 0 Å². The number of likely N-dealkylation sites (N-methyl/N-ethyl adjacent to an activating group) is 1. The summed E-state index contributed by atoms with van der Waals surface area (Å²) in [5.74, 6) is -0.00517. The Morgan fingerprint density at radius 2 is 1.33 bits per heavy atom. The molecule has 3 aromatic rings. The maximum Gasteiger partial charge on any atom is 0.241 e. The summed E-state index contributed by atoms with van der Waals surface area (Å²) in [5, 5.41) is 6.04. The van der Waals surface area contributed by atoms with E-state index in [1.165, 1.54) is 0 Å². The van der Waals surface area contributed by atoms with Gasteiger partial charge in [-0.05, 0) is 41.8 Å². The molecule has 0 radical (unpaired) electrons. The Morgan fingerprint density at radius 3 is 1.97 bits per heavy atom. The number of carbonyl (C=O) groups excluding carboxylic acids is 2. The van der Waals surface area contributed by atoms with Crippen molar-refractivity contribution in [2.45, 2.75) is 19.4 Å². The van der Waals surface area contributed by atoms with Crippen LogP contribution in [0.25, 0.3) is 0 Å². The van der Waals surface area contributed by atoms with Gasteiger partial charge in [0.1, 0.15) is 0 Å². The Hall–Kier alpha value is -3.60. The van der Waals surface area contributed by atoms with E-state index in [1.54, 1.807) is 11.9 Å². The van der Waals surface area contributed by atoms with Gasteiger partial charge in [0.15, 0.2) is 0 Å². The van der Waals surface area contributed by atoms with E-state index in [2.05, 4.69) is 10.6 Å². The van der Waals surface area contributed by atoms with Gasteiger partial charge in [-0.3, -0.25) is 9.59 Å². The molecule has 0 spiro atoms. The monoisotopic (exact) mass is 401 g/mol. The number of hydrogen-bond acceptors (Lipinski definition) is 3. The van der Waals surface area contributed by atoms with Crippen molar-refractivity contribution < 1.29 is 9.59 Å². The molecule has 5 nitrogen and oxygen atoms in total. The van der Waals surface area contributed by atoms with Gasteiger partial charge in [0.05, 0.1) is 6.54 Å². The van der Waals surface area contributed by atoms with E-state index < -0.39 is 0 Å². The van der Waals surface area contributed by atoms with Crippen molar-refractivity contribution >= 4 is 23.2 Å². The molecule has 3 rings (SSSR count). The number of nitrogens with one attached hydrogen (secondary N) is 2. The molecule has 0 unspecified atom stereocenters. The summed E-state index contributed by atoms with van der Waals surface area (Å²) >= 11 is 0. The molecular weight excluding hydrogens is 374 g/mol. The van der Waals surface area contributed by atoms with Crippen LogP contribution < -0.4 is 10.6 Å². The highest BCUT2D eigenvalue weighted by Gasteiger charge is 2.09. The average Bonchev–Trinajstić information content (AvgIpc) is 2.78. The van der Waals surface area contributed by atoms with Gasteiger partial charge in [-0.1, -0.05) is 60.7 Å². The van der Waals surface area contributed by atoms with Gasteiger partial charge in [-0.25, -0.2) is 0 Å². The molecule has 0 heterocycles. The topological polar surface area (TPSA) is 61.4 Å². The summed E-state index contributed by atoms with van der Waals surface area (Å²) < 4.78 is 0. The van der Waals surface area contributed by atoms with Crippen molar-refractivity contribution in [3.05, 3.63) is 96.1 Å². The number of aryl methyl sites for hydroxylation is 1. The van der Waals surface area contributed by atoms with Crippen molar-refractivity contribution in [1.82, 2.24) is 4.90 Å². The van der Waals surface area contributed by atoms with Gasteiger partial charge in [0.25, 0.3) is 0 Å². The molecule has 0 fully saturated rings. The lowest BCUT2D eigenvalue weighted by Crippen LogP contribution is -2.31. The summed E-state index contributed by atoms with van der Waals surface area (Å²) in [6, 6.07) is 27.2. The van der Waals surface area contributed by atoms with Crippen molar-refractivity contribution in [3.8, 4) is 0 Å². The highest BCUT2D eigenvalue weighted by Crippen LogP contribution is 2.14. The molecule has 0 bridgehead atoms. The van der Waals surface area contributed by atoms with Crippen LogP contribution in [0.4, 0.5) is 11.4 Å². The van der Waals surface area contributed by atoms with Gasteiger partial charge >= 0.3 is 0 Å². The van der Waals surface area contributed by atoms with E-state index in [0.717, 1.165) is 22.5 Å². The molecule has 30 heavy (non-hydrogen) atoms. The van der Waals surface area contributed by atoms with Gasteiger partial charge < -0.3 is 15.5 Å². The van der Waals surface area contributed by atoms with Crippen LogP contribution in [-0.4, -0.2) is 30.3 Å². The molecule has 0 aliphatic carbocycles. The molecule has 154 valence electrons. The minimum absolute atomic E-state index is 0.0112. The van der Waals surface area contributed by atoms with E-state index in [1.807, 2.05) is 84.9 Å². The van der Waals surface area contributed by atoms with Gasteiger partial charge in [0.2, 0.25) is 11.8 Å². The van der Waals surface area contributed by atoms with E-state index in [0.29, 0.717) is 19.4 Å². The second-order valence-corrected chi connectivity index (χ2v) is 7.20. The van der Waals surface area contributed by atoms with Crippen LogP contribution in [0.15, 0.2) is 84.9 Å². The molecule has 0 aromatic heterocycles. The van der Waals surface area contributed by atoms with Gasteiger partial charge in [-0.15, -0.1) is 0 Å². The SMILES string of the molecule is CN(Cc1ccccc1)C(=O)CNc1ccc(NC(=O)CCc2ccccc2)cc1. The zero-order valence-corrected chi connectivity index (χ0v) is 17.2. The lowest BCUT2D eigenvalue weighted by molar-refractivity contribution is -0.128. The summed E-state index contributed by atoms with van der Waals surface area (Å²) in [5.41, 5.74) is 3.82. The fourth-order valence-electron chi connectivity index (χ4n) is 3.06. The maximum absolute atomic E-state index is 12.3. The minimum Gasteiger partial charge on any atom is -0.376 e. The first-order chi connectivity index (χ1) is 14.6. The summed E-state index contributed by atoms with van der Waals surface area (Å²) in [6.45, 7) is 0.793. The average molecular weight is 402 g/mol. The number of benzene rings is 3. The lowest BCUT2D eigenvalue weighted by Gasteiger charge is -2.18. The second kappa shape index (κ2) is 10.8. The highest BCUT2D eigenvalue weighted by atomic mass is 16.2. The molecule has 3 aromatic carbocycles. The first-order valence-corrected chi connectivity index (χ1v) is 10.1. The Balaban J connectivity index is 1.41. The van der Waals surface area contributed by atoms with Crippen molar-refractivity contribution in [2.24, 2.45) is 0 Å². The van der Waals surface area contributed by atoms with Crippen molar-refractivity contribution in [3.63, 3.8) is 0 Å². The predicted molar refractivity (Wildman–Crippen MR) is 121 cm³/mol. The van der Waals surface area contributed by atoms with Crippen LogP contribution in [0.5, 0.6) is 0 Å². The van der Waals surface area contributed by atoms with Gasteiger partial charge in [-0.2, -0.15) is 0 Å². The van der Waals surface area contributed by atoms with Crippen molar-refractivity contribution in [2.75, 3.05) is 24.2 Å². The normalized spacial score (nSPS) is 10.3. The molecule has 0 atom stereocenters. The Bertz CT molecular complexity index is 941. The van der Waals surface area contributed by atoms with Crippen LogP contribution in [0.3, 0.4) is 0 Å². The molecule has 0 saturated carbocycles. The molecule has 2 amide bonds. The van der Waals surface area contributed by atoms with E-state index in [4.69, 9.17) is 0 Å². The minimum atomic E-state index is -0.0164. The molecule has 2 N–H and O–H groups in total. The number of anilines is 2. The molecule has 0 aliphatic heterocycles. The highest BCUT2D eigenvalue weighted by molar-refractivity contribution is 5.91. The maximum atomic E-state index is 12.3. The lowest BCUT2D eigenvalue weighted by atomic mass is 10.1. The standard InChI is InChI=1S/C25H27N3O2/c1-28(19-21-10-6-3-7-11-21)25(30)18-26-22-13-15-23(16-14-22)27-24(29)17-12-20-8-4-2-5-9-20/h2-11,13-16,26H,12,17-19H2,1H3,(H,27,29). The largest absolute Gasteiger partial charge is 0.376 e.